The summed E-state index contributed by atoms with van der Waals surface area (Å²) >= 11 is 0. The lowest BCUT2D eigenvalue weighted by Crippen LogP contribution is -2.30. The average molecular weight is 272 g/mol. The van der Waals surface area contributed by atoms with Gasteiger partial charge in [0.1, 0.15) is 0 Å². The summed E-state index contributed by atoms with van der Waals surface area (Å²) in [6.07, 6.45) is 8.94. The summed E-state index contributed by atoms with van der Waals surface area (Å²) in [5, 5.41) is 0. The number of nitrogens with zero attached hydrogens (tertiary/aromatic N) is 1. The van der Waals surface area contributed by atoms with Gasteiger partial charge in [-0.05, 0) is 25.0 Å². The van der Waals surface area contributed by atoms with Crippen LogP contribution in [0.3, 0.4) is 0 Å². The first-order valence-corrected chi connectivity index (χ1v) is 7.52. The Balaban J connectivity index is 1.75. The Morgan fingerprint density at radius 2 is 1.60 bits per heavy atom. The molecule has 0 spiro atoms. The molecule has 2 rings (SSSR count). The van der Waals surface area contributed by atoms with Gasteiger partial charge in [0.05, 0.1) is 11.1 Å². The third-order valence-electron chi connectivity index (χ3n) is 3.66. The van der Waals surface area contributed by atoms with Crippen molar-refractivity contribution in [2.24, 2.45) is 0 Å². The van der Waals surface area contributed by atoms with E-state index in [9.17, 15) is 9.59 Å². The van der Waals surface area contributed by atoms with E-state index < -0.39 is 0 Å². The Bertz CT molecular complexity index is 447. The smallest absolute Gasteiger partial charge is 0.261 e. The maximum atomic E-state index is 12.1. The van der Waals surface area contributed by atoms with Gasteiger partial charge in [-0.15, -0.1) is 0 Å². The highest BCUT2D eigenvalue weighted by Gasteiger charge is 2.34. The molecular formula is C17H22NO2. The van der Waals surface area contributed by atoms with Gasteiger partial charge in [0.25, 0.3) is 11.8 Å². The molecule has 0 saturated carbocycles. The fourth-order valence-electron chi connectivity index (χ4n) is 2.53. The van der Waals surface area contributed by atoms with Gasteiger partial charge < -0.3 is 0 Å². The predicted molar refractivity (Wildman–Crippen MR) is 79.5 cm³/mol. The number of fused-ring (bicyclic) bond motifs is 1. The summed E-state index contributed by atoms with van der Waals surface area (Å²) in [4.78, 5) is 25.6. The lowest BCUT2D eigenvalue weighted by Gasteiger charge is -2.13. The summed E-state index contributed by atoms with van der Waals surface area (Å²) in [6, 6.07) is 7.07. The molecule has 3 heteroatoms. The average Bonchev–Trinajstić information content (AvgIpc) is 2.71. The van der Waals surface area contributed by atoms with Crippen molar-refractivity contribution in [3.8, 4) is 0 Å². The minimum Gasteiger partial charge on any atom is -0.274 e. The van der Waals surface area contributed by atoms with Gasteiger partial charge in [0.2, 0.25) is 0 Å². The van der Waals surface area contributed by atoms with Gasteiger partial charge in [-0.1, -0.05) is 51.2 Å². The van der Waals surface area contributed by atoms with Crippen LogP contribution >= 0.6 is 0 Å². The van der Waals surface area contributed by atoms with Gasteiger partial charge in [0.15, 0.2) is 0 Å². The number of carbonyl (C=O) groups excluding carboxylic acids is 2. The molecule has 0 atom stereocenters. The van der Waals surface area contributed by atoms with Crippen molar-refractivity contribution in [3.05, 3.63) is 41.8 Å². The van der Waals surface area contributed by atoms with E-state index >= 15 is 0 Å². The van der Waals surface area contributed by atoms with Crippen LogP contribution in [0.2, 0.25) is 0 Å². The van der Waals surface area contributed by atoms with Crippen LogP contribution in [0.5, 0.6) is 0 Å². The second kappa shape index (κ2) is 7.22. The number of benzene rings is 1. The van der Waals surface area contributed by atoms with Gasteiger partial charge in [-0.3, -0.25) is 14.5 Å². The van der Waals surface area contributed by atoms with Crippen LogP contribution < -0.4 is 0 Å². The van der Waals surface area contributed by atoms with Crippen molar-refractivity contribution < 1.29 is 9.59 Å². The maximum Gasteiger partial charge on any atom is 0.261 e. The third kappa shape index (κ3) is 3.27. The zero-order chi connectivity index (χ0) is 14.4. The molecule has 1 aliphatic rings. The number of imide groups is 1. The Labute approximate surface area is 121 Å². The molecule has 3 nitrogen and oxygen atoms in total. The third-order valence-corrected chi connectivity index (χ3v) is 3.66. The second-order valence-electron chi connectivity index (χ2n) is 5.23. The molecule has 2 amide bonds. The van der Waals surface area contributed by atoms with E-state index in [0.29, 0.717) is 17.7 Å². The highest BCUT2D eigenvalue weighted by atomic mass is 16.2. The minimum atomic E-state index is -0.136. The fraction of sp³-hybridized carbons (Fsp3) is 0.471. The molecule has 0 bridgehead atoms. The second-order valence-corrected chi connectivity index (χ2v) is 5.23. The SMILES string of the molecule is CCC[CH]CCCCCN1C(=O)c2ccccc2C1=O. The quantitative estimate of drug-likeness (QED) is 0.532. The van der Waals surface area contributed by atoms with E-state index in [2.05, 4.69) is 13.3 Å². The van der Waals surface area contributed by atoms with Crippen LogP contribution in [0.15, 0.2) is 24.3 Å². The van der Waals surface area contributed by atoms with E-state index in [1.165, 1.54) is 17.7 Å². The largest absolute Gasteiger partial charge is 0.274 e. The molecule has 1 aromatic carbocycles. The Kier molecular flexibility index (Phi) is 5.33. The molecule has 1 heterocycles. The molecule has 0 aromatic heterocycles. The summed E-state index contributed by atoms with van der Waals surface area (Å²) in [5.41, 5.74) is 1.10. The van der Waals surface area contributed by atoms with Gasteiger partial charge >= 0.3 is 0 Å². The van der Waals surface area contributed by atoms with E-state index in [1.54, 1.807) is 24.3 Å². The van der Waals surface area contributed by atoms with Crippen molar-refractivity contribution in [3.63, 3.8) is 0 Å². The summed E-state index contributed by atoms with van der Waals surface area (Å²) in [5.74, 6) is -0.272. The molecule has 0 aliphatic carbocycles. The highest BCUT2D eigenvalue weighted by Crippen LogP contribution is 2.22. The van der Waals surface area contributed by atoms with E-state index in [4.69, 9.17) is 0 Å². The maximum absolute atomic E-state index is 12.1. The lowest BCUT2D eigenvalue weighted by atomic mass is 10.1. The first-order valence-electron chi connectivity index (χ1n) is 7.52. The zero-order valence-corrected chi connectivity index (χ0v) is 12.1. The zero-order valence-electron chi connectivity index (χ0n) is 12.1. The van der Waals surface area contributed by atoms with Gasteiger partial charge in [-0.2, -0.15) is 0 Å². The minimum absolute atomic E-state index is 0.136. The van der Waals surface area contributed by atoms with Crippen LogP contribution in [-0.2, 0) is 0 Å². The normalized spacial score (nSPS) is 13.9. The van der Waals surface area contributed by atoms with Crippen molar-refractivity contribution in [1.82, 2.24) is 4.90 Å². The molecule has 0 unspecified atom stereocenters. The molecule has 0 saturated heterocycles. The van der Waals surface area contributed by atoms with E-state index in [-0.39, 0.29) is 11.8 Å². The number of rotatable bonds is 8. The molecule has 1 aromatic rings. The molecule has 1 radical (unpaired) electrons. The molecule has 1 aliphatic heterocycles. The monoisotopic (exact) mass is 272 g/mol. The van der Waals surface area contributed by atoms with Crippen molar-refractivity contribution in [2.45, 2.75) is 45.4 Å². The summed E-state index contributed by atoms with van der Waals surface area (Å²) < 4.78 is 0. The number of hydrogen-bond donors (Lipinski definition) is 0. The van der Waals surface area contributed by atoms with Gasteiger partial charge in [-0.25, -0.2) is 0 Å². The van der Waals surface area contributed by atoms with Crippen molar-refractivity contribution >= 4 is 11.8 Å². The Morgan fingerprint density at radius 3 is 2.20 bits per heavy atom. The van der Waals surface area contributed by atoms with Crippen LogP contribution in [-0.4, -0.2) is 23.3 Å². The topological polar surface area (TPSA) is 37.4 Å². The van der Waals surface area contributed by atoms with E-state index in [0.717, 1.165) is 25.7 Å². The first kappa shape index (κ1) is 14.8. The fourth-order valence-corrected chi connectivity index (χ4v) is 2.53. The molecule has 0 fully saturated rings. The standard InChI is InChI=1S/C17H22NO2/c1-2-3-4-5-6-7-10-13-18-16(19)14-11-8-9-12-15(14)17(18)20/h4,8-9,11-12H,2-3,5-7,10,13H2,1H3. The van der Waals surface area contributed by atoms with Crippen LogP contribution in [0.25, 0.3) is 0 Å². The number of carbonyl (C=O) groups is 2. The van der Waals surface area contributed by atoms with Crippen LogP contribution in [0.4, 0.5) is 0 Å². The number of unbranched alkanes of at least 4 members (excludes halogenated alkanes) is 6. The Morgan fingerprint density at radius 1 is 0.950 bits per heavy atom. The van der Waals surface area contributed by atoms with Crippen LogP contribution in [0.1, 0.15) is 66.2 Å². The predicted octanol–water partition coefficient (Wildman–Crippen LogP) is 3.85. The van der Waals surface area contributed by atoms with Gasteiger partial charge in [0, 0.05) is 6.54 Å². The molecule has 0 N–H and O–H groups in total. The van der Waals surface area contributed by atoms with Crippen molar-refractivity contribution in [2.75, 3.05) is 6.54 Å². The van der Waals surface area contributed by atoms with Crippen LogP contribution in [0, 0.1) is 6.42 Å². The number of hydrogen-bond acceptors (Lipinski definition) is 2. The molecular weight excluding hydrogens is 250 g/mol. The Hall–Kier alpha value is -1.64. The van der Waals surface area contributed by atoms with Crippen molar-refractivity contribution in [1.29, 1.82) is 0 Å². The van der Waals surface area contributed by atoms with E-state index in [1.807, 2.05) is 0 Å². The molecule has 107 valence electrons. The number of amides is 2. The highest BCUT2D eigenvalue weighted by molar-refractivity contribution is 6.21. The lowest BCUT2D eigenvalue weighted by molar-refractivity contribution is 0.0651. The summed E-state index contributed by atoms with van der Waals surface area (Å²) in [6.45, 7) is 2.72. The first-order chi connectivity index (χ1) is 9.75. The summed E-state index contributed by atoms with van der Waals surface area (Å²) in [7, 11) is 0. The molecule has 20 heavy (non-hydrogen) atoms.